The summed E-state index contributed by atoms with van der Waals surface area (Å²) in [7, 11) is 0. The molecule has 2 rings (SSSR count). The molecule has 1 saturated carbocycles. The molecule has 0 amide bonds. The predicted octanol–water partition coefficient (Wildman–Crippen LogP) is 1.73. The minimum Gasteiger partial charge on any atom is -0.325 e. The summed E-state index contributed by atoms with van der Waals surface area (Å²) in [6.07, 6.45) is 2.61. The highest BCUT2D eigenvalue weighted by molar-refractivity contribution is 5.24. The Hall–Kier alpha value is -0.890. The highest BCUT2D eigenvalue weighted by Crippen LogP contribution is 2.39. The largest absolute Gasteiger partial charge is 0.325 e. The number of nitrogens with zero attached hydrogens (tertiary/aromatic N) is 1. The van der Waals surface area contributed by atoms with Gasteiger partial charge in [-0.05, 0) is 37.5 Å². The second-order valence-corrected chi connectivity index (χ2v) is 3.54. The van der Waals surface area contributed by atoms with Crippen molar-refractivity contribution in [2.75, 3.05) is 0 Å². The number of hydrogen-bond donors (Lipinski definition) is 1. The molecule has 0 saturated heterocycles. The zero-order chi connectivity index (χ0) is 8.55. The summed E-state index contributed by atoms with van der Waals surface area (Å²) in [4.78, 5) is 4.49. The van der Waals surface area contributed by atoms with E-state index < -0.39 is 0 Å². The van der Waals surface area contributed by atoms with Crippen molar-refractivity contribution in [3.8, 4) is 0 Å². The lowest BCUT2D eigenvalue weighted by Gasteiger charge is -2.03. The Morgan fingerprint density at radius 3 is 2.83 bits per heavy atom. The third kappa shape index (κ3) is 1.48. The van der Waals surface area contributed by atoms with Gasteiger partial charge in [0.05, 0.1) is 5.69 Å². The van der Waals surface area contributed by atoms with Crippen molar-refractivity contribution in [1.29, 1.82) is 0 Å². The SMILES string of the molecule is Cc1cc(CN)nc(C2CC2)c1. The molecule has 0 bridgehead atoms. The second-order valence-electron chi connectivity index (χ2n) is 3.54. The van der Waals surface area contributed by atoms with Crippen LogP contribution in [0.3, 0.4) is 0 Å². The van der Waals surface area contributed by atoms with E-state index in [0.29, 0.717) is 6.54 Å². The van der Waals surface area contributed by atoms with Gasteiger partial charge in [-0.3, -0.25) is 4.98 Å². The van der Waals surface area contributed by atoms with Crippen LogP contribution in [0.5, 0.6) is 0 Å². The Balaban J connectivity index is 2.34. The molecular formula is C10H14N2. The third-order valence-corrected chi connectivity index (χ3v) is 2.25. The van der Waals surface area contributed by atoms with Gasteiger partial charge in [0.25, 0.3) is 0 Å². The first-order valence-electron chi connectivity index (χ1n) is 4.47. The van der Waals surface area contributed by atoms with Gasteiger partial charge in [-0.1, -0.05) is 0 Å². The molecule has 1 heterocycles. The minimum absolute atomic E-state index is 0.557. The number of aryl methyl sites for hydroxylation is 1. The quantitative estimate of drug-likeness (QED) is 0.719. The van der Waals surface area contributed by atoms with Gasteiger partial charge >= 0.3 is 0 Å². The van der Waals surface area contributed by atoms with Gasteiger partial charge in [-0.2, -0.15) is 0 Å². The van der Waals surface area contributed by atoms with Crippen molar-refractivity contribution in [2.24, 2.45) is 5.73 Å². The predicted molar refractivity (Wildman–Crippen MR) is 48.8 cm³/mol. The van der Waals surface area contributed by atoms with Crippen LogP contribution in [0.25, 0.3) is 0 Å². The van der Waals surface area contributed by atoms with E-state index in [0.717, 1.165) is 11.6 Å². The van der Waals surface area contributed by atoms with Crippen LogP contribution in [0.2, 0.25) is 0 Å². The molecule has 1 aliphatic rings. The normalized spacial score (nSPS) is 16.5. The Kier molecular flexibility index (Phi) is 1.85. The van der Waals surface area contributed by atoms with Crippen molar-refractivity contribution in [3.05, 3.63) is 29.1 Å². The maximum atomic E-state index is 5.55. The first kappa shape index (κ1) is 7.74. The Labute approximate surface area is 72.8 Å². The van der Waals surface area contributed by atoms with E-state index >= 15 is 0 Å². The fourth-order valence-electron chi connectivity index (χ4n) is 1.46. The van der Waals surface area contributed by atoms with Gasteiger partial charge in [-0.25, -0.2) is 0 Å². The molecule has 2 N–H and O–H groups in total. The molecule has 2 nitrogen and oxygen atoms in total. The summed E-state index contributed by atoms with van der Waals surface area (Å²) >= 11 is 0. The number of pyridine rings is 1. The second kappa shape index (κ2) is 2.87. The lowest BCUT2D eigenvalue weighted by molar-refractivity contribution is 0.920. The fraction of sp³-hybridized carbons (Fsp3) is 0.500. The lowest BCUT2D eigenvalue weighted by Crippen LogP contribution is -2.02. The van der Waals surface area contributed by atoms with E-state index in [1.165, 1.54) is 24.1 Å². The summed E-state index contributed by atoms with van der Waals surface area (Å²) in [5, 5.41) is 0. The van der Waals surface area contributed by atoms with E-state index in [9.17, 15) is 0 Å². The number of aromatic nitrogens is 1. The van der Waals surface area contributed by atoms with Gasteiger partial charge in [0.15, 0.2) is 0 Å². The Morgan fingerprint density at radius 2 is 2.25 bits per heavy atom. The van der Waals surface area contributed by atoms with Crippen molar-refractivity contribution < 1.29 is 0 Å². The zero-order valence-electron chi connectivity index (χ0n) is 7.38. The van der Waals surface area contributed by atoms with E-state index in [4.69, 9.17) is 5.73 Å². The van der Waals surface area contributed by atoms with E-state index in [2.05, 4.69) is 24.0 Å². The molecule has 0 aliphatic heterocycles. The molecule has 0 aromatic carbocycles. The van der Waals surface area contributed by atoms with E-state index in [1.54, 1.807) is 0 Å². The van der Waals surface area contributed by atoms with Crippen LogP contribution in [0.15, 0.2) is 12.1 Å². The Morgan fingerprint density at radius 1 is 1.50 bits per heavy atom. The maximum Gasteiger partial charge on any atom is 0.0545 e. The van der Waals surface area contributed by atoms with Crippen LogP contribution in [0, 0.1) is 6.92 Å². The molecule has 1 fully saturated rings. The monoisotopic (exact) mass is 162 g/mol. The zero-order valence-corrected chi connectivity index (χ0v) is 7.38. The molecule has 1 aliphatic carbocycles. The van der Waals surface area contributed by atoms with E-state index in [1.807, 2.05) is 0 Å². The van der Waals surface area contributed by atoms with Crippen LogP contribution < -0.4 is 5.73 Å². The van der Waals surface area contributed by atoms with Crippen LogP contribution in [-0.4, -0.2) is 4.98 Å². The highest BCUT2D eigenvalue weighted by Gasteiger charge is 2.25. The van der Waals surface area contributed by atoms with Crippen molar-refractivity contribution in [2.45, 2.75) is 32.2 Å². The molecular weight excluding hydrogens is 148 g/mol. The lowest BCUT2D eigenvalue weighted by atomic mass is 10.1. The molecule has 12 heavy (non-hydrogen) atoms. The molecule has 0 radical (unpaired) electrons. The smallest absolute Gasteiger partial charge is 0.0545 e. The first-order chi connectivity index (χ1) is 5.79. The molecule has 0 atom stereocenters. The van der Waals surface area contributed by atoms with Crippen molar-refractivity contribution in [1.82, 2.24) is 4.98 Å². The molecule has 1 aromatic rings. The first-order valence-corrected chi connectivity index (χ1v) is 4.47. The molecule has 0 spiro atoms. The topological polar surface area (TPSA) is 38.9 Å². The molecule has 64 valence electrons. The summed E-state index contributed by atoms with van der Waals surface area (Å²) in [5.41, 5.74) is 9.10. The number of rotatable bonds is 2. The van der Waals surface area contributed by atoms with Gasteiger partial charge < -0.3 is 5.73 Å². The van der Waals surface area contributed by atoms with Gasteiger partial charge in [0.2, 0.25) is 0 Å². The van der Waals surface area contributed by atoms with Crippen LogP contribution in [0.1, 0.15) is 35.7 Å². The molecule has 1 aromatic heterocycles. The molecule has 2 heteroatoms. The number of hydrogen-bond acceptors (Lipinski definition) is 2. The number of nitrogens with two attached hydrogens (primary N) is 1. The van der Waals surface area contributed by atoms with Gasteiger partial charge in [-0.15, -0.1) is 0 Å². The summed E-state index contributed by atoms with van der Waals surface area (Å²) in [5.74, 6) is 0.732. The minimum atomic E-state index is 0.557. The maximum absolute atomic E-state index is 5.55. The fourth-order valence-corrected chi connectivity index (χ4v) is 1.46. The van der Waals surface area contributed by atoms with Gasteiger partial charge in [0, 0.05) is 18.2 Å². The van der Waals surface area contributed by atoms with Crippen LogP contribution in [-0.2, 0) is 6.54 Å². The highest BCUT2D eigenvalue weighted by atomic mass is 14.8. The Bertz CT molecular complexity index is 290. The van der Waals surface area contributed by atoms with Crippen molar-refractivity contribution >= 4 is 0 Å². The van der Waals surface area contributed by atoms with Crippen LogP contribution >= 0.6 is 0 Å². The standard InChI is InChI=1S/C10H14N2/c1-7-4-9(6-11)12-10(5-7)8-2-3-8/h4-5,8H,2-3,6,11H2,1H3. The summed E-state index contributed by atoms with van der Waals surface area (Å²) in [6.45, 7) is 2.66. The van der Waals surface area contributed by atoms with E-state index in [-0.39, 0.29) is 0 Å². The van der Waals surface area contributed by atoms with Gasteiger partial charge in [0.1, 0.15) is 0 Å². The van der Waals surface area contributed by atoms with Crippen molar-refractivity contribution in [3.63, 3.8) is 0 Å². The third-order valence-electron chi connectivity index (χ3n) is 2.25. The summed E-state index contributed by atoms with van der Waals surface area (Å²) < 4.78 is 0. The average molecular weight is 162 g/mol. The summed E-state index contributed by atoms with van der Waals surface area (Å²) in [6, 6.07) is 4.24. The van der Waals surface area contributed by atoms with Crippen LogP contribution in [0.4, 0.5) is 0 Å². The molecule has 0 unspecified atom stereocenters. The average Bonchev–Trinajstić information content (AvgIpc) is 2.85.